The van der Waals surface area contributed by atoms with Gasteiger partial charge in [-0.1, -0.05) is 6.58 Å². The minimum atomic E-state index is 0.703. The van der Waals surface area contributed by atoms with Crippen molar-refractivity contribution in [3.8, 4) is 0 Å². The van der Waals surface area contributed by atoms with Crippen LogP contribution in [0.1, 0.15) is 6.42 Å². The molecule has 78 valence electrons. The largest absolute Gasteiger partial charge is 0.391 e. The Morgan fingerprint density at radius 3 is 2.23 bits per heavy atom. The fourth-order valence-corrected chi connectivity index (χ4v) is 1.21. The molecule has 4 nitrogen and oxygen atoms in total. The van der Waals surface area contributed by atoms with E-state index in [9.17, 15) is 0 Å². The van der Waals surface area contributed by atoms with Gasteiger partial charge in [0.1, 0.15) is 0 Å². The summed E-state index contributed by atoms with van der Waals surface area (Å²) in [5, 5.41) is 3.06. The average molecular weight is 186 g/mol. The van der Waals surface area contributed by atoms with Gasteiger partial charge in [0.25, 0.3) is 0 Å². The van der Waals surface area contributed by atoms with Gasteiger partial charge in [0.05, 0.1) is 0 Å². The van der Waals surface area contributed by atoms with Crippen molar-refractivity contribution in [1.29, 1.82) is 0 Å². The molecule has 0 amide bonds. The van der Waals surface area contributed by atoms with Crippen LogP contribution in [0.5, 0.6) is 0 Å². The molecule has 0 spiro atoms. The lowest BCUT2D eigenvalue weighted by Gasteiger charge is -2.20. The summed E-state index contributed by atoms with van der Waals surface area (Å²) in [6.45, 7) is 8.88. The molecule has 0 rings (SSSR count). The fourth-order valence-electron chi connectivity index (χ4n) is 1.21. The molecule has 0 aromatic rings. The van der Waals surface area contributed by atoms with E-state index >= 15 is 0 Å². The van der Waals surface area contributed by atoms with Crippen molar-refractivity contribution in [2.75, 3.05) is 39.3 Å². The molecule has 0 aromatic carbocycles. The molecule has 0 heterocycles. The molecule has 0 aliphatic rings. The normalized spacial score (nSPS) is 10.4. The molecular formula is C9H22N4. The SMILES string of the molecule is C=CNCCCN(CCN)CCN. The number of rotatable bonds is 9. The molecule has 4 heteroatoms. The summed E-state index contributed by atoms with van der Waals surface area (Å²) in [5.74, 6) is 0. The Bertz CT molecular complexity index is 110. The van der Waals surface area contributed by atoms with Crippen LogP contribution in [0.25, 0.3) is 0 Å². The second-order valence-electron chi connectivity index (χ2n) is 2.93. The quantitative estimate of drug-likeness (QED) is 0.418. The standard InChI is InChI=1S/C9H22N4/c1-2-12-6-3-7-13(8-4-10)9-5-11/h2,12H,1,3-11H2. The van der Waals surface area contributed by atoms with Crippen molar-refractivity contribution in [2.45, 2.75) is 6.42 Å². The second kappa shape index (κ2) is 9.51. The zero-order chi connectivity index (χ0) is 9.94. The Balaban J connectivity index is 3.37. The van der Waals surface area contributed by atoms with Gasteiger partial charge in [0.2, 0.25) is 0 Å². The van der Waals surface area contributed by atoms with Gasteiger partial charge in [-0.05, 0) is 19.2 Å². The van der Waals surface area contributed by atoms with Crippen LogP contribution >= 0.6 is 0 Å². The minimum Gasteiger partial charge on any atom is -0.391 e. The highest BCUT2D eigenvalue weighted by atomic mass is 15.1. The smallest absolute Gasteiger partial charge is 0.0153 e. The molecule has 0 aromatic heterocycles. The van der Waals surface area contributed by atoms with Crippen molar-refractivity contribution >= 4 is 0 Å². The van der Waals surface area contributed by atoms with E-state index in [0.29, 0.717) is 13.1 Å². The van der Waals surface area contributed by atoms with Crippen molar-refractivity contribution < 1.29 is 0 Å². The van der Waals surface area contributed by atoms with E-state index in [0.717, 1.165) is 32.6 Å². The molecule has 0 saturated carbocycles. The van der Waals surface area contributed by atoms with Crippen molar-refractivity contribution in [1.82, 2.24) is 10.2 Å². The van der Waals surface area contributed by atoms with E-state index in [1.54, 1.807) is 6.20 Å². The monoisotopic (exact) mass is 186 g/mol. The molecule has 0 unspecified atom stereocenters. The molecule has 13 heavy (non-hydrogen) atoms. The first-order chi connectivity index (χ1) is 6.35. The van der Waals surface area contributed by atoms with Crippen molar-refractivity contribution in [2.24, 2.45) is 11.5 Å². The zero-order valence-corrected chi connectivity index (χ0v) is 8.34. The highest BCUT2D eigenvalue weighted by molar-refractivity contribution is 4.65. The Hall–Kier alpha value is -0.580. The molecule has 0 radical (unpaired) electrons. The number of nitrogens with one attached hydrogen (secondary N) is 1. The highest BCUT2D eigenvalue weighted by Crippen LogP contribution is 1.88. The Morgan fingerprint density at radius 1 is 1.15 bits per heavy atom. The van der Waals surface area contributed by atoms with Gasteiger partial charge in [-0.2, -0.15) is 0 Å². The molecule has 0 atom stereocenters. The maximum atomic E-state index is 5.48. The number of nitrogens with zero attached hydrogens (tertiary/aromatic N) is 1. The molecule has 0 aliphatic carbocycles. The Kier molecular flexibility index (Phi) is 9.08. The maximum absolute atomic E-state index is 5.48. The van der Waals surface area contributed by atoms with E-state index in [1.165, 1.54) is 0 Å². The summed E-state index contributed by atoms with van der Waals surface area (Å²) in [4.78, 5) is 2.28. The summed E-state index contributed by atoms with van der Waals surface area (Å²) in [5.41, 5.74) is 11.0. The van der Waals surface area contributed by atoms with E-state index < -0.39 is 0 Å². The van der Waals surface area contributed by atoms with Gasteiger partial charge in [0.15, 0.2) is 0 Å². The van der Waals surface area contributed by atoms with Gasteiger partial charge in [-0.15, -0.1) is 0 Å². The molecule has 5 N–H and O–H groups in total. The lowest BCUT2D eigenvalue weighted by atomic mass is 10.3. The molecule has 0 saturated heterocycles. The van der Waals surface area contributed by atoms with Crippen LogP contribution in [-0.2, 0) is 0 Å². The third-order valence-corrected chi connectivity index (χ3v) is 1.83. The summed E-state index contributed by atoms with van der Waals surface area (Å²) in [7, 11) is 0. The lowest BCUT2D eigenvalue weighted by Crippen LogP contribution is -2.35. The van der Waals surface area contributed by atoms with Gasteiger partial charge in [-0.3, -0.25) is 0 Å². The number of hydrogen-bond donors (Lipinski definition) is 3. The van der Waals surface area contributed by atoms with Crippen LogP contribution in [0.3, 0.4) is 0 Å². The first-order valence-electron chi connectivity index (χ1n) is 4.82. The van der Waals surface area contributed by atoms with Crippen LogP contribution in [0.2, 0.25) is 0 Å². The summed E-state index contributed by atoms with van der Waals surface area (Å²) in [6, 6.07) is 0. The predicted octanol–water partition coefficient (Wildman–Crippen LogP) is -0.671. The first kappa shape index (κ1) is 12.4. The zero-order valence-electron chi connectivity index (χ0n) is 8.34. The summed E-state index contributed by atoms with van der Waals surface area (Å²) >= 11 is 0. The fraction of sp³-hybridized carbons (Fsp3) is 0.778. The van der Waals surface area contributed by atoms with E-state index in [2.05, 4.69) is 16.8 Å². The maximum Gasteiger partial charge on any atom is 0.0153 e. The number of nitrogens with two attached hydrogens (primary N) is 2. The van der Waals surface area contributed by atoms with Gasteiger partial charge in [-0.25, -0.2) is 0 Å². The summed E-state index contributed by atoms with van der Waals surface area (Å²) in [6.07, 6.45) is 2.82. The van der Waals surface area contributed by atoms with E-state index in [-0.39, 0.29) is 0 Å². The first-order valence-corrected chi connectivity index (χ1v) is 4.82. The lowest BCUT2D eigenvalue weighted by molar-refractivity contribution is 0.285. The molecule has 0 bridgehead atoms. The van der Waals surface area contributed by atoms with Crippen molar-refractivity contribution in [3.63, 3.8) is 0 Å². The van der Waals surface area contributed by atoms with Gasteiger partial charge < -0.3 is 21.7 Å². The van der Waals surface area contributed by atoms with Gasteiger partial charge in [0, 0.05) is 32.7 Å². The van der Waals surface area contributed by atoms with Crippen LogP contribution in [0, 0.1) is 0 Å². The minimum absolute atomic E-state index is 0.703. The predicted molar refractivity (Wildman–Crippen MR) is 57.4 cm³/mol. The third kappa shape index (κ3) is 7.77. The Labute approximate surface area is 81.0 Å². The van der Waals surface area contributed by atoms with Crippen LogP contribution < -0.4 is 16.8 Å². The van der Waals surface area contributed by atoms with Crippen molar-refractivity contribution in [3.05, 3.63) is 12.8 Å². The third-order valence-electron chi connectivity index (χ3n) is 1.83. The number of hydrogen-bond acceptors (Lipinski definition) is 4. The van der Waals surface area contributed by atoms with E-state index in [1.807, 2.05) is 0 Å². The highest BCUT2D eigenvalue weighted by Gasteiger charge is 2.00. The molecule has 0 fully saturated rings. The van der Waals surface area contributed by atoms with Gasteiger partial charge >= 0.3 is 0 Å². The van der Waals surface area contributed by atoms with E-state index in [4.69, 9.17) is 11.5 Å². The average Bonchev–Trinajstić information content (AvgIpc) is 2.13. The Morgan fingerprint density at radius 2 is 1.77 bits per heavy atom. The topological polar surface area (TPSA) is 67.3 Å². The molecular weight excluding hydrogens is 164 g/mol. The van der Waals surface area contributed by atoms with Crippen LogP contribution in [-0.4, -0.2) is 44.2 Å². The summed E-state index contributed by atoms with van der Waals surface area (Å²) < 4.78 is 0. The second-order valence-corrected chi connectivity index (χ2v) is 2.93. The van der Waals surface area contributed by atoms with Crippen LogP contribution in [0.4, 0.5) is 0 Å². The molecule has 0 aliphatic heterocycles. The van der Waals surface area contributed by atoms with Crippen LogP contribution in [0.15, 0.2) is 12.8 Å².